The lowest BCUT2D eigenvalue weighted by Gasteiger charge is -2.32. The van der Waals surface area contributed by atoms with Gasteiger partial charge in [0.2, 0.25) is 5.91 Å². The van der Waals surface area contributed by atoms with E-state index in [-0.39, 0.29) is 10.8 Å². The van der Waals surface area contributed by atoms with E-state index >= 15 is 0 Å². The molecule has 0 atom stereocenters. The largest absolute Gasteiger partial charge is 0.342 e. The van der Waals surface area contributed by atoms with Gasteiger partial charge in [0.1, 0.15) is 5.75 Å². The van der Waals surface area contributed by atoms with E-state index in [9.17, 15) is 21.6 Å². The third-order valence-corrected chi connectivity index (χ3v) is 6.05. The van der Waals surface area contributed by atoms with Gasteiger partial charge in [-0.2, -0.15) is 8.42 Å². The molecule has 9 heteroatoms. The molecule has 2 rings (SSSR count). The fourth-order valence-electron chi connectivity index (χ4n) is 2.99. The predicted molar refractivity (Wildman–Crippen MR) is 93.6 cm³/mol. The van der Waals surface area contributed by atoms with Crippen molar-refractivity contribution in [3.8, 4) is 0 Å². The minimum Gasteiger partial charge on any atom is -0.342 e. The summed E-state index contributed by atoms with van der Waals surface area (Å²) in [5.41, 5.74) is 0.989. The number of aryl methyl sites for hydroxylation is 1. The number of piperidine rings is 1. The fourth-order valence-corrected chi connectivity index (χ4v) is 4.10. The Morgan fingerprint density at radius 1 is 1.12 bits per heavy atom. The number of hydrogen-bond donors (Lipinski definition) is 1. The summed E-state index contributed by atoms with van der Waals surface area (Å²) in [4.78, 5) is 13.4. The van der Waals surface area contributed by atoms with E-state index in [0.717, 1.165) is 37.5 Å². The van der Waals surface area contributed by atoms with Crippen molar-refractivity contribution in [1.82, 2.24) is 4.90 Å². The van der Waals surface area contributed by atoms with Crippen LogP contribution in [-0.2, 0) is 31.2 Å². The molecule has 140 valence electrons. The minimum absolute atomic E-state index is 0.117. The van der Waals surface area contributed by atoms with Crippen LogP contribution in [0.5, 0.6) is 0 Å². The molecule has 1 fully saturated rings. The molecular formula is C16H23NO6S2. The van der Waals surface area contributed by atoms with E-state index in [4.69, 9.17) is 4.55 Å². The first kappa shape index (κ1) is 19.9. The van der Waals surface area contributed by atoms with Crippen LogP contribution in [0.3, 0.4) is 0 Å². The maximum Gasteiger partial charge on any atom is 0.294 e. The molecule has 1 N–H and O–H groups in total. The fraction of sp³-hybridized carbons (Fsp3) is 0.562. The van der Waals surface area contributed by atoms with Gasteiger partial charge in [-0.05, 0) is 49.3 Å². The molecule has 0 bridgehead atoms. The highest BCUT2D eigenvalue weighted by Gasteiger charge is 2.24. The summed E-state index contributed by atoms with van der Waals surface area (Å²) in [6, 6.07) is 6.15. The summed E-state index contributed by atoms with van der Waals surface area (Å²) in [5, 5.41) is 0. The number of carbonyl (C=O) groups is 1. The lowest BCUT2D eigenvalue weighted by molar-refractivity contribution is -0.129. The minimum atomic E-state index is -4.16. The summed E-state index contributed by atoms with van der Waals surface area (Å²) < 4.78 is 53.4. The average molecular weight is 389 g/mol. The first-order chi connectivity index (χ1) is 11.5. The van der Waals surface area contributed by atoms with Gasteiger partial charge < -0.3 is 4.90 Å². The van der Waals surface area contributed by atoms with Crippen LogP contribution in [-0.4, -0.2) is 57.3 Å². The molecule has 1 aliphatic heterocycles. The van der Waals surface area contributed by atoms with E-state index in [1.54, 1.807) is 17.0 Å². The van der Waals surface area contributed by atoms with Crippen LogP contribution in [0.25, 0.3) is 0 Å². The van der Waals surface area contributed by atoms with Crippen LogP contribution >= 0.6 is 0 Å². The Morgan fingerprint density at radius 3 is 2.16 bits per heavy atom. The van der Waals surface area contributed by atoms with E-state index in [0.29, 0.717) is 19.0 Å². The third-order valence-electron chi connectivity index (χ3n) is 4.42. The Balaban J connectivity index is 1.80. The molecule has 0 saturated carbocycles. The summed E-state index contributed by atoms with van der Waals surface area (Å²) in [6.45, 7) is 1.14. The smallest absolute Gasteiger partial charge is 0.294 e. The molecule has 25 heavy (non-hydrogen) atoms. The topological polar surface area (TPSA) is 109 Å². The number of hydrogen-bond acceptors (Lipinski definition) is 5. The number of carbonyl (C=O) groups excluding carboxylic acids is 1. The van der Waals surface area contributed by atoms with Crippen molar-refractivity contribution in [1.29, 1.82) is 0 Å². The van der Waals surface area contributed by atoms with Crippen molar-refractivity contribution in [3.63, 3.8) is 0 Å². The van der Waals surface area contributed by atoms with Crippen LogP contribution in [0.15, 0.2) is 29.2 Å². The first-order valence-electron chi connectivity index (χ1n) is 8.06. The van der Waals surface area contributed by atoms with E-state index in [2.05, 4.69) is 0 Å². The van der Waals surface area contributed by atoms with Gasteiger partial charge in [0.05, 0.1) is 4.90 Å². The monoisotopic (exact) mass is 389 g/mol. The zero-order valence-electron chi connectivity index (χ0n) is 14.1. The van der Waals surface area contributed by atoms with Crippen molar-refractivity contribution in [3.05, 3.63) is 29.8 Å². The summed E-state index contributed by atoms with van der Waals surface area (Å²) in [5.74, 6) is -0.317. The maximum atomic E-state index is 11.9. The van der Waals surface area contributed by atoms with Gasteiger partial charge in [-0.15, -0.1) is 0 Å². The quantitative estimate of drug-likeness (QED) is 0.731. The Labute approximate surface area is 148 Å². The number of amides is 1. The lowest BCUT2D eigenvalue weighted by Crippen LogP contribution is -2.41. The van der Waals surface area contributed by atoms with Gasteiger partial charge in [-0.25, -0.2) is 8.42 Å². The predicted octanol–water partition coefficient (Wildman–Crippen LogP) is 1.15. The normalized spacial score (nSPS) is 16.8. The Hall–Kier alpha value is -1.45. The first-order valence-corrected chi connectivity index (χ1v) is 11.6. The van der Waals surface area contributed by atoms with Gasteiger partial charge in [-0.1, -0.05) is 12.1 Å². The Bertz CT molecular complexity index is 807. The number of nitrogens with zero attached hydrogens (tertiary/aromatic N) is 1. The number of sulfone groups is 1. The van der Waals surface area contributed by atoms with Crippen LogP contribution in [0.1, 0.15) is 24.8 Å². The molecule has 0 unspecified atom stereocenters. The molecule has 1 amide bonds. The molecule has 1 saturated heterocycles. The Kier molecular flexibility index (Phi) is 6.23. The zero-order chi connectivity index (χ0) is 18.7. The highest BCUT2D eigenvalue weighted by Crippen LogP contribution is 2.23. The lowest BCUT2D eigenvalue weighted by atomic mass is 9.90. The SMILES string of the molecule is CS(=O)(=O)CC(=O)N1CCC(CCc2ccc(S(=O)(=O)O)cc2)CC1. The van der Waals surface area contributed by atoms with Gasteiger partial charge in [0, 0.05) is 19.3 Å². The molecule has 1 heterocycles. The van der Waals surface area contributed by atoms with Crippen molar-refractivity contribution in [2.24, 2.45) is 5.92 Å². The van der Waals surface area contributed by atoms with Crippen molar-refractivity contribution >= 4 is 25.9 Å². The molecular weight excluding hydrogens is 366 g/mol. The molecule has 1 aliphatic rings. The summed E-state index contributed by atoms with van der Waals surface area (Å²) >= 11 is 0. The standard InChI is InChI=1S/C16H23NO6S2/c1-24(19,20)12-16(18)17-10-8-14(9-11-17)3-2-13-4-6-15(7-5-13)25(21,22)23/h4-7,14H,2-3,8-12H2,1H3,(H,21,22,23). The number of likely N-dealkylation sites (tertiary alicyclic amines) is 1. The second kappa shape index (κ2) is 7.84. The van der Waals surface area contributed by atoms with Crippen LogP contribution in [0.2, 0.25) is 0 Å². The summed E-state index contributed by atoms with van der Waals surface area (Å²) in [6.07, 6.45) is 4.43. The Morgan fingerprint density at radius 2 is 1.68 bits per heavy atom. The molecule has 0 aliphatic carbocycles. The van der Waals surface area contributed by atoms with E-state index in [1.807, 2.05) is 0 Å². The number of benzene rings is 1. The second-order valence-corrected chi connectivity index (χ2v) is 10.1. The molecule has 0 aromatic heterocycles. The second-order valence-electron chi connectivity index (χ2n) is 6.55. The maximum absolute atomic E-state index is 11.9. The van der Waals surface area contributed by atoms with Crippen LogP contribution < -0.4 is 0 Å². The van der Waals surface area contributed by atoms with Crippen molar-refractivity contribution in [2.75, 3.05) is 25.1 Å². The van der Waals surface area contributed by atoms with Crippen LogP contribution in [0.4, 0.5) is 0 Å². The number of rotatable bonds is 6. The molecule has 7 nitrogen and oxygen atoms in total. The molecule has 0 radical (unpaired) electrons. The van der Waals surface area contributed by atoms with Gasteiger partial charge in [0.15, 0.2) is 9.84 Å². The van der Waals surface area contributed by atoms with Crippen LogP contribution in [0, 0.1) is 5.92 Å². The molecule has 0 spiro atoms. The van der Waals surface area contributed by atoms with Crippen molar-refractivity contribution in [2.45, 2.75) is 30.6 Å². The molecule has 1 aromatic carbocycles. The van der Waals surface area contributed by atoms with E-state index < -0.39 is 25.7 Å². The van der Waals surface area contributed by atoms with Crippen molar-refractivity contribution < 1.29 is 26.2 Å². The third kappa shape index (κ3) is 6.41. The van der Waals surface area contributed by atoms with Gasteiger partial charge >= 0.3 is 0 Å². The molecule has 1 aromatic rings. The zero-order valence-corrected chi connectivity index (χ0v) is 15.7. The van der Waals surface area contributed by atoms with Gasteiger partial charge in [-0.3, -0.25) is 9.35 Å². The average Bonchev–Trinajstić information content (AvgIpc) is 2.51. The highest BCUT2D eigenvalue weighted by molar-refractivity contribution is 7.91. The van der Waals surface area contributed by atoms with E-state index in [1.165, 1.54) is 12.1 Å². The highest BCUT2D eigenvalue weighted by atomic mass is 32.2. The summed E-state index contributed by atoms with van der Waals surface area (Å²) in [7, 11) is -7.46. The van der Waals surface area contributed by atoms with Gasteiger partial charge in [0.25, 0.3) is 10.1 Å².